The first-order valence-electron chi connectivity index (χ1n) is 5.16. The van der Waals surface area contributed by atoms with Gasteiger partial charge >= 0.3 is 5.97 Å². The van der Waals surface area contributed by atoms with Crippen LogP contribution in [-0.4, -0.2) is 34.5 Å². The van der Waals surface area contributed by atoms with Gasteiger partial charge in [0.15, 0.2) is 0 Å². The fourth-order valence-electron chi connectivity index (χ4n) is 1.30. The fraction of sp³-hybridized carbons (Fsp3) is 0.636. The van der Waals surface area contributed by atoms with Crippen LogP contribution in [0.5, 0.6) is 0 Å². The molecule has 1 saturated carbocycles. The van der Waals surface area contributed by atoms with Crippen molar-refractivity contribution in [3.8, 4) is 0 Å². The van der Waals surface area contributed by atoms with Gasteiger partial charge in [0, 0.05) is 22.4 Å². The van der Waals surface area contributed by atoms with Crippen LogP contribution in [0, 0.1) is 0 Å². The SMILES string of the molecule is CSC1(CNC(=O)C(C)=C(C)C(=O)O)CC1. The van der Waals surface area contributed by atoms with Crippen LogP contribution in [0.3, 0.4) is 0 Å². The molecule has 0 aromatic heterocycles. The first-order chi connectivity index (χ1) is 7.42. The van der Waals surface area contributed by atoms with Crippen molar-refractivity contribution in [3.05, 3.63) is 11.1 Å². The van der Waals surface area contributed by atoms with E-state index < -0.39 is 5.97 Å². The highest BCUT2D eigenvalue weighted by Crippen LogP contribution is 2.46. The Morgan fingerprint density at radius 2 is 1.88 bits per heavy atom. The Kier molecular flexibility index (Phi) is 4.02. The number of carboxylic acids is 1. The summed E-state index contributed by atoms with van der Waals surface area (Å²) < 4.78 is 0.201. The minimum Gasteiger partial charge on any atom is -0.478 e. The third-order valence-electron chi connectivity index (χ3n) is 3.04. The van der Waals surface area contributed by atoms with E-state index in [0.717, 1.165) is 12.8 Å². The summed E-state index contributed by atoms with van der Waals surface area (Å²) in [4.78, 5) is 22.3. The van der Waals surface area contributed by atoms with Gasteiger partial charge in [-0.25, -0.2) is 4.79 Å². The van der Waals surface area contributed by atoms with Crippen molar-refractivity contribution in [1.82, 2.24) is 5.32 Å². The van der Waals surface area contributed by atoms with Crippen molar-refractivity contribution >= 4 is 23.6 Å². The number of aliphatic carboxylic acids is 1. The molecule has 0 radical (unpaired) electrons. The van der Waals surface area contributed by atoms with Gasteiger partial charge in [-0.2, -0.15) is 11.8 Å². The summed E-state index contributed by atoms with van der Waals surface area (Å²) in [6, 6.07) is 0. The Balaban J connectivity index is 2.53. The van der Waals surface area contributed by atoms with Gasteiger partial charge in [-0.3, -0.25) is 4.79 Å². The molecule has 1 aliphatic rings. The van der Waals surface area contributed by atoms with E-state index in [0.29, 0.717) is 6.54 Å². The van der Waals surface area contributed by atoms with Crippen LogP contribution >= 0.6 is 11.8 Å². The summed E-state index contributed by atoms with van der Waals surface area (Å²) in [5.74, 6) is -1.32. The summed E-state index contributed by atoms with van der Waals surface area (Å²) in [6.07, 6.45) is 4.27. The van der Waals surface area contributed by atoms with Crippen LogP contribution in [0.15, 0.2) is 11.1 Å². The molecular formula is C11H17NO3S. The maximum absolute atomic E-state index is 11.6. The molecule has 1 fully saturated rings. The molecule has 1 rings (SSSR count). The average molecular weight is 243 g/mol. The largest absolute Gasteiger partial charge is 0.478 e. The lowest BCUT2D eigenvalue weighted by Crippen LogP contribution is -2.32. The Morgan fingerprint density at radius 3 is 2.25 bits per heavy atom. The molecule has 2 N–H and O–H groups in total. The highest BCUT2D eigenvalue weighted by molar-refractivity contribution is 8.00. The normalized spacial score (nSPS) is 18.7. The maximum Gasteiger partial charge on any atom is 0.331 e. The number of hydrogen-bond acceptors (Lipinski definition) is 3. The number of carbonyl (C=O) groups excluding carboxylic acids is 1. The van der Waals surface area contributed by atoms with E-state index in [1.54, 1.807) is 11.8 Å². The lowest BCUT2D eigenvalue weighted by atomic mass is 10.1. The Bertz CT molecular complexity index is 345. The molecular weight excluding hydrogens is 226 g/mol. The van der Waals surface area contributed by atoms with Gasteiger partial charge in [-0.15, -0.1) is 0 Å². The number of nitrogens with one attached hydrogen (secondary N) is 1. The van der Waals surface area contributed by atoms with Crippen LogP contribution < -0.4 is 5.32 Å². The standard InChI is InChI=1S/C11H17NO3S/c1-7(8(2)10(14)15)9(13)12-6-11(16-3)4-5-11/h4-6H2,1-3H3,(H,12,13)(H,14,15). The lowest BCUT2D eigenvalue weighted by Gasteiger charge is -2.13. The van der Waals surface area contributed by atoms with Gasteiger partial charge in [0.25, 0.3) is 0 Å². The Hall–Kier alpha value is -0.970. The van der Waals surface area contributed by atoms with Gasteiger partial charge in [-0.1, -0.05) is 0 Å². The summed E-state index contributed by atoms with van der Waals surface area (Å²) in [7, 11) is 0. The van der Waals surface area contributed by atoms with Crippen molar-refractivity contribution in [3.63, 3.8) is 0 Å². The monoisotopic (exact) mass is 243 g/mol. The van der Waals surface area contributed by atoms with E-state index in [4.69, 9.17) is 5.11 Å². The fourth-order valence-corrected chi connectivity index (χ4v) is 2.02. The summed E-state index contributed by atoms with van der Waals surface area (Å²) >= 11 is 1.76. The smallest absolute Gasteiger partial charge is 0.331 e. The molecule has 1 aliphatic carbocycles. The number of rotatable bonds is 5. The molecule has 0 bridgehead atoms. The van der Waals surface area contributed by atoms with E-state index in [1.807, 2.05) is 6.26 Å². The third-order valence-corrected chi connectivity index (χ3v) is 4.45. The molecule has 16 heavy (non-hydrogen) atoms. The highest BCUT2D eigenvalue weighted by atomic mass is 32.2. The first kappa shape index (κ1) is 13.1. The lowest BCUT2D eigenvalue weighted by molar-refractivity contribution is -0.133. The van der Waals surface area contributed by atoms with Crippen LogP contribution in [0.1, 0.15) is 26.7 Å². The van der Waals surface area contributed by atoms with E-state index in [-0.39, 0.29) is 21.8 Å². The molecule has 1 amide bonds. The molecule has 0 aromatic carbocycles. The summed E-state index contributed by atoms with van der Waals surface area (Å²) in [5, 5.41) is 11.5. The van der Waals surface area contributed by atoms with Crippen LogP contribution in [0.4, 0.5) is 0 Å². The molecule has 0 saturated heterocycles. The van der Waals surface area contributed by atoms with Gasteiger partial charge in [-0.05, 0) is 32.9 Å². The molecule has 0 heterocycles. The average Bonchev–Trinajstić information content (AvgIpc) is 3.04. The van der Waals surface area contributed by atoms with Gasteiger partial charge < -0.3 is 10.4 Å². The molecule has 90 valence electrons. The third kappa shape index (κ3) is 3.01. The van der Waals surface area contributed by atoms with Crippen molar-refractivity contribution in [2.24, 2.45) is 0 Å². The van der Waals surface area contributed by atoms with Crippen molar-refractivity contribution in [1.29, 1.82) is 0 Å². The molecule has 0 atom stereocenters. The molecule has 5 heteroatoms. The molecule has 0 unspecified atom stereocenters. The number of hydrogen-bond donors (Lipinski definition) is 2. The van der Waals surface area contributed by atoms with Crippen LogP contribution in [0.25, 0.3) is 0 Å². The van der Waals surface area contributed by atoms with Crippen molar-refractivity contribution in [2.75, 3.05) is 12.8 Å². The van der Waals surface area contributed by atoms with Gasteiger partial charge in [0.1, 0.15) is 0 Å². The maximum atomic E-state index is 11.6. The van der Waals surface area contributed by atoms with Crippen LogP contribution in [-0.2, 0) is 9.59 Å². The predicted octanol–water partition coefficient (Wildman–Crippen LogP) is 1.42. The molecule has 0 aliphatic heterocycles. The summed E-state index contributed by atoms with van der Waals surface area (Å²) in [5.41, 5.74) is 0.385. The first-order valence-corrected chi connectivity index (χ1v) is 6.38. The minimum atomic E-state index is -1.04. The molecule has 0 spiro atoms. The second-order valence-corrected chi connectivity index (χ2v) is 5.40. The number of thioether (sulfide) groups is 1. The Labute approximate surface area is 99.5 Å². The van der Waals surface area contributed by atoms with E-state index in [1.165, 1.54) is 13.8 Å². The minimum absolute atomic E-state index is 0.103. The molecule has 4 nitrogen and oxygen atoms in total. The van der Waals surface area contributed by atoms with E-state index in [2.05, 4.69) is 5.32 Å². The number of amides is 1. The quantitative estimate of drug-likeness (QED) is 0.717. The van der Waals surface area contributed by atoms with E-state index in [9.17, 15) is 9.59 Å². The van der Waals surface area contributed by atoms with Crippen LogP contribution in [0.2, 0.25) is 0 Å². The second-order valence-electron chi connectivity index (χ2n) is 4.12. The van der Waals surface area contributed by atoms with Crippen molar-refractivity contribution < 1.29 is 14.7 Å². The highest BCUT2D eigenvalue weighted by Gasteiger charge is 2.41. The number of carboxylic acid groups (broad SMARTS) is 1. The second kappa shape index (κ2) is 4.91. The zero-order valence-electron chi connectivity index (χ0n) is 9.79. The van der Waals surface area contributed by atoms with Crippen molar-refractivity contribution in [2.45, 2.75) is 31.4 Å². The summed E-state index contributed by atoms with van der Waals surface area (Å²) in [6.45, 7) is 3.60. The zero-order chi connectivity index (χ0) is 12.3. The van der Waals surface area contributed by atoms with E-state index >= 15 is 0 Å². The topological polar surface area (TPSA) is 66.4 Å². The van der Waals surface area contributed by atoms with Gasteiger partial charge in [0.05, 0.1) is 0 Å². The zero-order valence-corrected chi connectivity index (χ0v) is 10.6. The Morgan fingerprint density at radius 1 is 1.31 bits per heavy atom. The number of carbonyl (C=O) groups is 2. The molecule has 0 aromatic rings. The predicted molar refractivity (Wildman–Crippen MR) is 64.5 cm³/mol. The van der Waals surface area contributed by atoms with Gasteiger partial charge in [0.2, 0.25) is 5.91 Å².